The number of ether oxygens (including phenoxy) is 1. The van der Waals surface area contributed by atoms with Crippen LogP contribution in [-0.2, 0) is 22.7 Å². The van der Waals surface area contributed by atoms with Gasteiger partial charge in [0.15, 0.2) is 5.69 Å². The van der Waals surface area contributed by atoms with Gasteiger partial charge in [-0.05, 0) is 56.2 Å². The number of nitro benzene ring substituents is 1. The van der Waals surface area contributed by atoms with Crippen LogP contribution in [0.4, 0.5) is 18.9 Å². The molecule has 3 aromatic carbocycles. The van der Waals surface area contributed by atoms with Crippen molar-refractivity contribution in [1.29, 1.82) is 0 Å². The van der Waals surface area contributed by atoms with Crippen molar-refractivity contribution in [3.8, 4) is 17.3 Å². The van der Waals surface area contributed by atoms with E-state index in [1.807, 2.05) is 0 Å². The van der Waals surface area contributed by atoms with Crippen LogP contribution in [0.25, 0.3) is 5.69 Å². The van der Waals surface area contributed by atoms with E-state index < -0.39 is 49.2 Å². The third-order valence-corrected chi connectivity index (χ3v) is 8.21. The van der Waals surface area contributed by atoms with Crippen LogP contribution >= 0.6 is 0 Å². The van der Waals surface area contributed by atoms with E-state index in [9.17, 15) is 36.5 Å². The van der Waals surface area contributed by atoms with Gasteiger partial charge in [-0.1, -0.05) is 37.3 Å². The molecular formula is C29H28F3N5O6S. The Morgan fingerprint density at radius 3 is 2.43 bits per heavy atom. The van der Waals surface area contributed by atoms with Gasteiger partial charge in [-0.2, -0.15) is 23.0 Å². The first kappa shape index (κ1) is 32.2. The van der Waals surface area contributed by atoms with Crippen molar-refractivity contribution in [1.82, 2.24) is 19.8 Å². The Hall–Kier alpha value is -4.76. The van der Waals surface area contributed by atoms with Crippen LogP contribution in [0.1, 0.15) is 47.4 Å². The van der Waals surface area contributed by atoms with Gasteiger partial charge >= 0.3 is 6.18 Å². The Kier molecular flexibility index (Phi) is 9.39. The minimum absolute atomic E-state index is 0.0609. The number of hydrogen-bond donors (Lipinski definition) is 2. The van der Waals surface area contributed by atoms with E-state index in [0.717, 1.165) is 30.3 Å². The summed E-state index contributed by atoms with van der Waals surface area (Å²) in [6.45, 7) is 4.66. The third kappa shape index (κ3) is 7.23. The zero-order chi connectivity index (χ0) is 32.2. The Balaban J connectivity index is 1.75. The summed E-state index contributed by atoms with van der Waals surface area (Å²) in [5.41, 5.74) is -0.663. The largest absolute Gasteiger partial charge is 0.437 e. The molecule has 0 bridgehead atoms. The number of amides is 1. The number of non-ortho nitro benzene ring substituents is 1. The maximum atomic E-state index is 13.3. The minimum atomic E-state index is -4.55. The number of sulfonamides is 1. The second-order valence-corrected chi connectivity index (χ2v) is 11.5. The fraction of sp³-hybridized carbons (Fsp3) is 0.241. The molecule has 15 heteroatoms. The SMILES string of the molecule is CC[C@H](C)NS(=O)(=O)c1cc([N+](=O)[O-])ccc1Oc1c(C)c(C(=O)NCc2cccc(C(F)(F)F)c2)nn1-c1ccccc1. The highest BCUT2D eigenvalue weighted by Gasteiger charge is 2.31. The monoisotopic (exact) mass is 631 g/mol. The van der Waals surface area contributed by atoms with E-state index in [4.69, 9.17) is 4.74 Å². The summed E-state index contributed by atoms with van der Waals surface area (Å²) in [4.78, 5) is 23.5. The molecule has 44 heavy (non-hydrogen) atoms. The highest BCUT2D eigenvalue weighted by Crippen LogP contribution is 2.36. The fourth-order valence-corrected chi connectivity index (χ4v) is 5.58. The molecule has 0 radical (unpaired) electrons. The van der Waals surface area contributed by atoms with Gasteiger partial charge in [0.25, 0.3) is 11.6 Å². The van der Waals surface area contributed by atoms with Gasteiger partial charge in [0.2, 0.25) is 15.9 Å². The van der Waals surface area contributed by atoms with Crippen molar-refractivity contribution in [2.24, 2.45) is 0 Å². The average molecular weight is 632 g/mol. The van der Waals surface area contributed by atoms with Crippen LogP contribution in [-0.4, -0.2) is 35.1 Å². The summed E-state index contributed by atoms with van der Waals surface area (Å²) in [6, 6.07) is 15.6. The van der Waals surface area contributed by atoms with Crippen LogP contribution < -0.4 is 14.8 Å². The molecule has 4 rings (SSSR count). The molecule has 0 saturated heterocycles. The lowest BCUT2D eigenvalue weighted by atomic mass is 10.1. The van der Waals surface area contributed by atoms with E-state index >= 15 is 0 Å². The Bertz CT molecular complexity index is 1790. The van der Waals surface area contributed by atoms with Crippen LogP contribution in [0.15, 0.2) is 77.7 Å². The van der Waals surface area contributed by atoms with E-state index in [1.165, 1.54) is 23.7 Å². The molecule has 1 aromatic heterocycles. The molecule has 0 aliphatic rings. The molecule has 11 nitrogen and oxygen atoms in total. The molecule has 4 aromatic rings. The van der Waals surface area contributed by atoms with Crippen LogP contribution in [0.2, 0.25) is 0 Å². The minimum Gasteiger partial charge on any atom is -0.437 e. The number of nitro groups is 1. The van der Waals surface area contributed by atoms with Gasteiger partial charge in [-0.25, -0.2) is 13.1 Å². The summed E-state index contributed by atoms with van der Waals surface area (Å²) < 4.78 is 75.7. The van der Waals surface area contributed by atoms with E-state index in [0.29, 0.717) is 12.1 Å². The lowest BCUT2D eigenvalue weighted by molar-refractivity contribution is -0.385. The Labute approximate surface area is 250 Å². The fourth-order valence-electron chi connectivity index (χ4n) is 4.10. The van der Waals surface area contributed by atoms with Crippen molar-refractivity contribution >= 4 is 21.6 Å². The normalized spacial score (nSPS) is 12.5. The summed E-state index contributed by atoms with van der Waals surface area (Å²) in [6.07, 6.45) is -4.10. The zero-order valence-corrected chi connectivity index (χ0v) is 24.6. The van der Waals surface area contributed by atoms with Gasteiger partial charge in [-0.15, -0.1) is 0 Å². The number of halogens is 3. The van der Waals surface area contributed by atoms with Gasteiger partial charge in [0.1, 0.15) is 10.6 Å². The van der Waals surface area contributed by atoms with Crippen molar-refractivity contribution in [2.75, 3.05) is 0 Å². The number of carbonyl (C=O) groups is 1. The average Bonchev–Trinajstić information content (AvgIpc) is 3.31. The van der Waals surface area contributed by atoms with Gasteiger partial charge in [-0.3, -0.25) is 14.9 Å². The molecule has 0 unspecified atom stereocenters. The molecule has 0 spiro atoms. The number of carbonyl (C=O) groups excluding carboxylic acids is 1. The number of aromatic nitrogens is 2. The second-order valence-electron chi connectivity index (χ2n) is 9.83. The molecule has 0 aliphatic carbocycles. The molecule has 232 valence electrons. The first-order valence-corrected chi connectivity index (χ1v) is 14.8. The van der Waals surface area contributed by atoms with Crippen LogP contribution in [0, 0.1) is 17.0 Å². The number of hydrogen-bond acceptors (Lipinski definition) is 7. The summed E-state index contributed by atoms with van der Waals surface area (Å²) in [5.74, 6) is -1.05. The van der Waals surface area contributed by atoms with Gasteiger partial charge in [0.05, 0.1) is 16.2 Å². The van der Waals surface area contributed by atoms with Gasteiger partial charge in [0, 0.05) is 30.3 Å². The number of nitrogens with one attached hydrogen (secondary N) is 2. The standard InChI is InChI=1S/C29H28F3N5O6S/c1-4-18(2)35-44(41,42)25-16-23(37(39)40)13-14-24(25)43-28-19(3)26(34-36(28)22-11-6-5-7-12-22)27(38)33-17-20-9-8-10-21(15-20)29(30,31)32/h5-16,18,35H,4,17H2,1-3H3,(H,33,38)/t18-/m0/s1. The molecule has 0 saturated carbocycles. The number of rotatable bonds is 11. The summed E-state index contributed by atoms with van der Waals surface area (Å²) >= 11 is 0. The first-order valence-electron chi connectivity index (χ1n) is 13.3. The summed E-state index contributed by atoms with van der Waals surface area (Å²) in [5, 5.41) is 18.4. The molecule has 1 heterocycles. The quantitative estimate of drug-likeness (QED) is 0.155. The molecular weight excluding hydrogens is 603 g/mol. The molecule has 0 fully saturated rings. The lowest BCUT2D eigenvalue weighted by Gasteiger charge is -2.16. The van der Waals surface area contributed by atoms with Crippen LogP contribution in [0.5, 0.6) is 11.6 Å². The highest BCUT2D eigenvalue weighted by atomic mass is 32.2. The highest BCUT2D eigenvalue weighted by molar-refractivity contribution is 7.89. The van der Waals surface area contributed by atoms with Crippen molar-refractivity contribution in [3.63, 3.8) is 0 Å². The number of benzene rings is 3. The smallest absolute Gasteiger partial charge is 0.416 e. The maximum Gasteiger partial charge on any atom is 0.416 e. The number of nitrogens with zero attached hydrogens (tertiary/aromatic N) is 3. The predicted molar refractivity (Wildman–Crippen MR) is 154 cm³/mol. The Morgan fingerprint density at radius 2 is 1.80 bits per heavy atom. The Morgan fingerprint density at radius 1 is 1.09 bits per heavy atom. The van der Waals surface area contributed by atoms with Crippen molar-refractivity contribution < 1.29 is 36.0 Å². The molecule has 1 atom stereocenters. The first-order chi connectivity index (χ1) is 20.7. The van der Waals surface area contributed by atoms with E-state index in [-0.39, 0.29) is 35.0 Å². The topological polar surface area (TPSA) is 145 Å². The number of para-hydroxylation sites is 1. The summed E-state index contributed by atoms with van der Waals surface area (Å²) in [7, 11) is -4.30. The van der Waals surface area contributed by atoms with Crippen LogP contribution in [0.3, 0.4) is 0 Å². The van der Waals surface area contributed by atoms with Crippen molar-refractivity contribution in [2.45, 2.75) is 50.9 Å². The lowest BCUT2D eigenvalue weighted by Crippen LogP contribution is -2.32. The zero-order valence-electron chi connectivity index (χ0n) is 23.8. The molecule has 0 aliphatic heterocycles. The van der Waals surface area contributed by atoms with E-state index in [1.54, 1.807) is 44.2 Å². The van der Waals surface area contributed by atoms with Gasteiger partial charge < -0.3 is 10.1 Å². The molecule has 1 amide bonds. The predicted octanol–water partition coefficient (Wildman–Crippen LogP) is 5.91. The van der Waals surface area contributed by atoms with Crippen molar-refractivity contribution in [3.05, 3.63) is 105 Å². The maximum absolute atomic E-state index is 13.3. The molecule has 2 N–H and O–H groups in total. The number of alkyl halides is 3. The van der Waals surface area contributed by atoms with E-state index in [2.05, 4.69) is 15.1 Å². The third-order valence-electron chi connectivity index (χ3n) is 6.59. The second kappa shape index (κ2) is 12.9.